The first-order valence-electron chi connectivity index (χ1n) is 28.7. The van der Waals surface area contributed by atoms with Crippen molar-refractivity contribution in [3.8, 4) is 27.9 Å². The Kier molecular flexibility index (Phi) is 10.2. The summed E-state index contributed by atoms with van der Waals surface area (Å²) in [5.74, 6) is 0. The zero-order valence-electron chi connectivity index (χ0n) is 47.9. The Bertz CT molecular complexity index is 4550. The van der Waals surface area contributed by atoms with Crippen molar-refractivity contribution in [3.05, 3.63) is 228 Å². The van der Waals surface area contributed by atoms with E-state index in [4.69, 9.17) is 4.42 Å². The summed E-state index contributed by atoms with van der Waals surface area (Å²) in [6.07, 6.45) is 0. The van der Waals surface area contributed by atoms with E-state index in [9.17, 15) is 0 Å². The van der Waals surface area contributed by atoms with Gasteiger partial charge in [-0.15, -0.1) is 0 Å². The number of benzene rings is 10. The molecule has 0 fully saturated rings. The zero-order valence-corrected chi connectivity index (χ0v) is 47.9. The summed E-state index contributed by atoms with van der Waals surface area (Å²) in [4.78, 5) is 5.24. The predicted molar refractivity (Wildman–Crippen MR) is 341 cm³/mol. The molecule has 15 rings (SSSR count). The van der Waals surface area contributed by atoms with Gasteiger partial charge in [0, 0.05) is 61.1 Å². The highest BCUT2D eigenvalue weighted by atomic mass is 16.3. The van der Waals surface area contributed by atoms with E-state index in [0.717, 1.165) is 38.8 Å². The van der Waals surface area contributed by atoms with Crippen LogP contribution in [0.3, 0.4) is 0 Å². The Morgan fingerprint density at radius 3 is 1.62 bits per heavy atom. The van der Waals surface area contributed by atoms with Crippen molar-refractivity contribution in [1.29, 1.82) is 0 Å². The van der Waals surface area contributed by atoms with Crippen LogP contribution in [0.2, 0.25) is 0 Å². The van der Waals surface area contributed by atoms with Crippen LogP contribution in [0.15, 0.2) is 205 Å². The highest BCUT2D eigenvalue weighted by Crippen LogP contribution is 2.56. The Morgan fingerprint density at radius 2 is 0.963 bits per heavy atom. The maximum atomic E-state index is 6.65. The molecule has 80 heavy (non-hydrogen) atoms. The first kappa shape index (κ1) is 48.6. The minimum absolute atomic E-state index is 0.00652. The molecule has 1 aliphatic carbocycles. The molecule has 3 aliphatic rings. The van der Waals surface area contributed by atoms with Gasteiger partial charge in [0.05, 0.1) is 16.7 Å². The Morgan fingerprint density at radius 1 is 0.400 bits per heavy atom. The molecule has 0 bridgehead atoms. The molecule has 4 nitrogen and oxygen atoms in total. The molecule has 12 aromatic rings. The molecule has 10 aromatic carbocycles. The number of hydrogen-bond acceptors (Lipinski definition) is 3. The van der Waals surface area contributed by atoms with Crippen LogP contribution in [-0.4, -0.2) is 11.3 Å². The van der Waals surface area contributed by atoms with Gasteiger partial charge >= 0.3 is 0 Å². The van der Waals surface area contributed by atoms with Gasteiger partial charge in [-0.05, 0) is 156 Å². The van der Waals surface area contributed by atoms with Gasteiger partial charge in [-0.25, -0.2) is 0 Å². The lowest BCUT2D eigenvalue weighted by atomic mass is 9.32. The Hall–Kier alpha value is -8.54. The van der Waals surface area contributed by atoms with Crippen molar-refractivity contribution in [2.45, 2.75) is 97.8 Å². The smallest absolute Gasteiger partial charge is 0.252 e. The minimum Gasteiger partial charge on any atom is -0.456 e. The third-order valence-corrected chi connectivity index (χ3v) is 18.2. The van der Waals surface area contributed by atoms with Gasteiger partial charge in [-0.2, -0.15) is 0 Å². The maximum Gasteiger partial charge on any atom is 0.252 e. The average Bonchev–Trinajstić information content (AvgIpc) is 1.99. The van der Waals surface area contributed by atoms with Gasteiger partial charge in [0.25, 0.3) is 6.71 Å². The van der Waals surface area contributed by atoms with Gasteiger partial charge in [-0.3, -0.25) is 0 Å². The number of furan rings is 1. The molecule has 2 aromatic heterocycles. The largest absolute Gasteiger partial charge is 0.456 e. The van der Waals surface area contributed by atoms with Crippen LogP contribution in [0.25, 0.3) is 71.7 Å². The average molecular weight is 1040 g/mol. The lowest BCUT2D eigenvalue weighted by Crippen LogP contribution is -2.62. The number of aromatic nitrogens is 1. The first-order valence-corrected chi connectivity index (χ1v) is 28.7. The fourth-order valence-corrected chi connectivity index (χ4v) is 14.1. The van der Waals surface area contributed by atoms with Gasteiger partial charge in [-0.1, -0.05) is 204 Å². The van der Waals surface area contributed by atoms with Crippen LogP contribution in [0.4, 0.5) is 34.1 Å². The van der Waals surface area contributed by atoms with Gasteiger partial charge in [0.2, 0.25) is 0 Å². The fraction of sp³-hybridized carbons (Fsp3) is 0.200. The van der Waals surface area contributed by atoms with Crippen molar-refractivity contribution in [3.63, 3.8) is 0 Å². The normalized spacial score (nSPS) is 14.5. The molecule has 5 heteroatoms. The zero-order chi connectivity index (χ0) is 54.9. The van der Waals surface area contributed by atoms with Crippen LogP contribution in [0.1, 0.15) is 104 Å². The summed E-state index contributed by atoms with van der Waals surface area (Å²) in [5, 5.41) is 4.63. The van der Waals surface area contributed by atoms with Crippen LogP contribution in [0.5, 0.6) is 0 Å². The lowest BCUT2D eigenvalue weighted by molar-refractivity contribution is 0.590. The molecule has 0 radical (unpaired) electrons. The van der Waals surface area contributed by atoms with Gasteiger partial charge < -0.3 is 18.8 Å². The number of para-hydroxylation sites is 2. The van der Waals surface area contributed by atoms with E-state index in [1.165, 1.54) is 111 Å². The molecule has 0 unspecified atom stereocenters. The second-order valence-corrected chi connectivity index (χ2v) is 26.6. The molecule has 0 saturated carbocycles. The van der Waals surface area contributed by atoms with Crippen molar-refractivity contribution < 1.29 is 4.42 Å². The summed E-state index contributed by atoms with van der Waals surface area (Å²) in [5.41, 5.74) is 27.5. The molecule has 390 valence electrons. The van der Waals surface area contributed by atoms with Crippen molar-refractivity contribution in [2.75, 3.05) is 9.80 Å². The van der Waals surface area contributed by atoms with E-state index in [0.29, 0.717) is 0 Å². The summed E-state index contributed by atoms with van der Waals surface area (Å²) >= 11 is 0. The van der Waals surface area contributed by atoms with E-state index >= 15 is 0 Å². The molecule has 0 N–H and O–H groups in total. The maximum absolute atomic E-state index is 6.65. The molecule has 0 saturated heterocycles. The number of nitrogens with zero attached hydrogens (tertiary/aromatic N) is 3. The van der Waals surface area contributed by atoms with E-state index in [2.05, 4.69) is 291 Å². The summed E-state index contributed by atoms with van der Waals surface area (Å²) in [6.45, 7) is 25.7. The van der Waals surface area contributed by atoms with Crippen molar-refractivity contribution in [1.82, 2.24) is 4.57 Å². The monoisotopic (exact) mass is 1040 g/mol. The fourth-order valence-electron chi connectivity index (χ4n) is 14.1. The highest BCUT2D eigenvalue weighted by Gasteiger charge is 2.50. The first-order chi connectivity index (χ1) is 38.3. The minimum atomic E-state index is -0.383. The quantitative estimate of drug-likeness (QED) is 0.164. The molecule has 2 aliphatic heterocycles. The summed E-state index contributed by atoms with van der Waals surface area (Å²) in [7, 11) is 0. The molecular weight excluding hydrogens is 970 g/mol. The van der Waals surface area contributed by atoms with E-state index < -0.39 is 0 Å². The highest BCUT2D eigenvalue weighted by molar-refractivity contribution is 7.01. The second-order valence-electron chi connectivity index (χ2n) is 26.6. The van der Waals surface area contributed by atoms with E-state index in [-0.39, 0.29) is 28.4 Å². The Balaban J connectivity index is 1.13. The number of hydrogen-bond donors (Lipinski definition) is 0. The molecule has 0 atom stereocenters. The topological polar surface area (TPSA) is 24.6 Å². The van der Waals surface area contributed by atoms with Crippen molar-refractivity contribution >= 4 is 101 Å². The number of fused-ring (bicyclic) bond motifs is 14. The van der Waals surface area contributed by atoms with E-state index in [1.807, 2.05) is 0 Å². The third-order valence-electron chi connectivity index (χ3n) is 18.2. The van der Waals surface area contributed by atoms with Crippen LogP contribution in [-0.2, 0) is 21.7 Å². The van der Waals surface area contributed by atoms with Crippen molar-refractivity contribution in [2.24, 2.45) is 0 Å². The van der Waals surface area contributed by atoms with E-state index in [1.54, 1.807) is 0 Å². The number of rotatable bonds is 4. The number of anilines is 6. The summed E-state index contributed by atoms with van der Waals surface area (Å²) < 4.78 is 9.26. The lowest BCUT2D eigenvalue weighted by Gasteiger charge is -2.46. The molecular formula is C75H66BN3O. The van der Waals surface area contributed by atoms with Gasteiger partial charge in [0.1, 0.15) is 11.2 Å². The van der Waals surface area contributed by atoms with Crippen LogP contribution >= 0.6 is 0 Å². The molecule has 0 amide bonds. The predicted octanol–water partition coefficient (Wildman–Crippen LogP) is 18.6. The SMILES string of the molecule is CC(C)(C)c1ccc(N2c3ccc(C(C)(C)C)cc3B3c4c2cc(-c2ccccc2)cc4N(c2ccc(C(C)(C)C)cc2)c2cc(-n4c5ccccc5c5cc6oc7ccccc7c6cc54)c4c(c23)-c2ccccc2C4(C)C)cc1. The molecule has 0 spiro atoms. The third kappa shape index (κ3) is 7.01. The van der Waals surface area contributed by atoms with Crippen LogP contribution in [0, 0.1) is 0 Å². The molecule has 4 heterocycles. The Labute approximate surface area is 471 Å². The van der Waals surface area contributed by atoms with Crippen LogP contribution < -0.4 is 26.2 Å². The summed E-state index contributed by atoms with van der Waals surface area (Å²) in [6, 6.07) is 76.4. The van der Waals surface area contributed by atoms with Gasteiger partial charge in [0.15, 0.2) is 0 Å². The second kappa shape index (κ2) is 16.8. The standard InChI is InChI=1S/C75H66BN3O/c1-72(2,3)47-29-34-50(35-30-47)77-60-38-33-49(74(7,8)9)41-58(60)76-70-63(77)39-46(45-21-13-12-14-22-45)40-64(70)78(51-36-31-48(32-37-51)73(4,5)6)65-44-62(69-68(71(65)76)54-25-15-18-26-57(54)75(69,10)11)79-59-27-19-16-23-52(59)55-43-67-56(42-61(55)79)53-24-17-20-28-66(53)80-67/h12-44H,1-11H3.